The zero-order valence-electron chi connectivity index (χ0n) is 17.1. The fourth-order valence-corrected chi connectivity index (χ4v) is 6.42. The van der Waals surface area contributed by atoms with E-state index in [0.717, 1.165) is 5.57 Å². The van der Waals surface area contributed by atoms with Gasteiger partial charge in [-0.15, -0.1) is 0 Å². The van der Waals surface area contributed by atoms with Gasteiger partial charge in [-0.2, -0.15) is 0 Å². The maximum absolute atomic E-state index is 13.2. The highest BCUT2D eigenvalue weighted by atomic mass is 79.9. The lowest BCUT2D eigenvalue weighted by atomic mass is 9.59. The number of halogens is 2. The summed E-state index contributed by atoms with van der Waals surface area (Å²) in [6.45, 7) is 2.08. The molecule has 1 saturated heterocycles. The van der Waals surface area contributed by atoms with Crippen LogP contribution < -0.4 is 0 Å². The molecule has 1 N–H and O–H groups in total. The minimum Gasteiger partial charge on any atom is -0.508 e. The maximum Gasteiger partial charge on any atom is 0.233 e. The number of likely N-dealkylation sites (tertiary alicyclic amines) is 1. The second-order valence-electron chi connectivity index (χ2n) is 8.52. The molecule has 1 aliphatic heterocycles. The molecule has 4 aliphatic rings. The lowest BCUT2D eigenvalue weighted by Crippen LogP contribution is -2.39. The van der Waals surface area contributed by atoms with Crippen molar-refractivity contribution in [3.8, 4) is 5.75 Å². The van der Waals surface area contributed by atoms with Gasteiger partial charge in [-0.25, -0.2) is 0 Å². The smallest absolute Gasteiger partial charge is 0.233 e. The molecule has 1 fully saturated rings. The summed E-state index contributed by atoms with van der Waals surface area (Å²) in [5, 5.41) is 10.1. The number of phenols is 1. The van der Waals surface area contributed by atoms with Gasteiger partial charge in [0.2, 0.25) is 11.8 Å². The number of amides is 2. The lowest BCUT2D eigenvalue weighted by molar-refractivity contribution is -0.139. The fourth-order valence-electron chi connectivity index (χ4n) is 5.69. The first-order valence-electron chi connectivity index (χ1n) is 10.5. The Morgan fingerprint density at radius 3 is 2.59 bits per heavy atom. The van der Waals surface area contributed by atoms with Crippen molar-refractivity contribution < 1.29 is 24.3 Å². The number of fused-ring (bicyclic) bond motifs is 3. The number of imide groups is 1. The molecule has 1 heterocycles. The van der Waals surface area contributed by atoms with Crippen LogP contribution in [0.25, 0.3) is 0 Å². The van der Waals surface area contributed by atoms with E-state index in [4.69, 9.17) is 11.6 Å². The second kappa shape index (κ2) is 7.52. The third kappa shape index (κ3) is 2.90. The summed E-state index contributed by atoms with van der Waals surface area (Å²) in [7, 11) is 0. The summed E-state index contributed by atoms with van der Waals surface area (Å²) in [4.78, 5) is 53.5. The molecule has 0 saturated carbocycles. The topological polar surface area (TPSA) is 91.8 Å². The number of ketones is 2. The molecule has 0 aromatic heterocycles. The van der Waals surface area contributed by atoms with Crippen molar-refractivity contribution in [1.29, 1.82) is 0 Å². The molecule has 0 radical (unpaired) electrons. The van der Waals surface area contributed by atoms with E-state index in [2.05, 4.69) is 15.9 Å². The summed E-state index contributed by atoms with van der Waals surface area (Å²) in [6, 6.07) is 4.53. The van der Waals surface area contributed by atoms with Gasteiger partial charge in [-0.05, 0) is 59.3 Å². The van der Waals surface area contributed by atoms with Crippen LogP contribution in [0.1, 0.15) is 31.2 Å². The van der Waals surface area contributed by atoms with E-state index in [9.17, 15) is 24.3 Å². The first-order valence-corrected chi connectivity index (χ1v) is 11.6. The second-order valence-corrected chi connectivity index (χ2v) is 9.78. The molecular weight excluding hydrogens is 498 g/mol. The Morgan fingerprint density at radius 1 is 1.16 bits per heavy atom. The number of aromatic hydroxyl groups is 1. The van der Waals surface area contributed by atoms with E-state index in [1.807, 2.05) is 6.08 Å². The molecule has 5 rings (SSSR count). The summed E-state index contributed by atoms with van der Waals surface area (Å²) in [5.41, 5.74) is 2.14. The van der Waals surface area contributed by atoms with Crippen LogP contribution in [0.2, 0.25) is 5.02 Å². The normalized spacial score (nSPS) is 29.5. The molecular formula is C24H19BrClNO5. The van der Waals surface area contributed by atoms with Crippen LogP contribution in [0.3, 0.4) is 0 Å². The Labute approximate surface area is 197 Å². The SMILES string of the molecule is CCN1C(=O)[C@H]2[C@H](CC=C3[C@H](c4ccc(O)cc4Cl)C4=C(C[C@H]32)C(=O)C(Br)=CC4=O)C1=O. The van der Waals surface area contributed by atoms with Crippen LogP contribution in [0, 0.1) is 17.8 Å². The number of phenolic OH excluding ortho intramolecular Hbond substituents is 1. The van der Waals surface area contributed by atoms with Gasteiger partial charge in [0.15, 0.2) is 11.6 Å². The number of carbonyl (C=O) groups excluding carboxylic acids is 4. The van der Waals surface area contributed by atoms with Gasteiger partial charge in [0.1, 0.15) is 5.75 Å². The molecule has 1 aromatic carbocycles. The number of nitrogens with zero attached hydrogens (tertiary/aromatic N) is 1. The van der Waals surface area contributed by atoms with Crippen molar-refractivity contribution >= 4 is 50.9 Å². The van der Waals surface area contributed by atoms with E-state index in [-0.39, 0.29) is 51.0 Å². The summed E-state index contributed by atoms with van der Waals surface area (Å²) >= 11 is 9.68. The number of hydrogen-bond donors (Lipinski definition) is 1. The van der Waals surface area contributed by atoms with Gasteiger partial charge in [0.05, 0.1) is 16.3 Å². The van der Waals surface area contributed by atoms with Crippen molar-refractivity contribution in [2.24, 2.45) is 17.8 Å². The predicted octanol–water partition coefficient (Wildman–Crippen LogP) is 3.83. The molecule has 4 atom stereocenters. The Hall–Kier alpha value is -2.51. The van der Waals surface area contributed by atoms with Crippen LogP contribution in [0.5, 0.6) is 5.75 Å². The van der Waals surface area contributed by atoms with E-state index >= 15 is 0 Å². The first kappa shape index (κ1) is 21.3. The van der Waals surface area contributed by atoms with Crippen molar-refractivity contribution in [1.82, 2.24) is 4.90 Å². The highest BCUT2D eigenvalue weighted by Crippen LogP contribution is 2.56. The minimum atomic E-state index is -0.621. The number of hydrogen-bond acceptors (Lipinski definition) is 5. The minimum absolute atomic E-state index is 0.0122. The van der Waals surface area contributed by atoms with Crippen molar-refractivity contribution in [2.75, 3.05) is 6.54 Å². The largest absolute Gasteiger partial charge is 0.508 e. The average molecular weight is 517 g/mol. The molecule has 32 heavy (non-hydrogen) atoms. The fraction of sp³-hybridized carbons (Fsp3) is 0.333. The monoisotopic (exact) mass is 515 g/mol. The Balaban J connectivity index is 1.72. The third-order valence-electron chi connectivity index (χ3n) is 7.03. The summed E-state index contributed by atoms with van der Waals surface area (Å²) in [5.74, 6) is -3.01. The van der Waals surface area contributed by atoms with Gasteiger partial charge >= 0.3 is 0 Å². The quantitative estimate of drug-likeness (QED) is 0.366. The van der Waals surface area contributed by atoms with Crippen molar-refractivity contribution in [3.63, 3.8) is 0 Å². The number of carbonyl (C=O) groups is 4. The number of allylic oxidation sites excluding steroid dienone is 6. The summed E-state index contributed by atoms with van der Waals surface area (Å²) in [6.07, 6.45) is 3.84. The van der Waals surface area contributed by atoms with E-state index < -0.39 is 17.8 Å². The summed E-state index contributed by atoms with van der Waals surface area (Å²) < 4.78 is 0.181. The van der Waals surface area contributed by atoms with E-state index in [1.54, 1.807) is 13.0 Å². The van der Waals surface area contributed by atoms with Crippen LogP contribution in [0.4, 0.5) is 0 Å². The molecule has 0 bridgehead atoms. The molecule has 2 amide bonds. The standard InChI is InChI=1S/C24H19BrClNO5/c1-2-27-23(31)13-6-5-11-14(20(13)24(27)32)8-15-21(18(29)9-16(25)22(15)30)19(11)12-4-3-10(28)7-17(12)26/h3-5,7,9,13-14,19-20,28H,2,6,8H2,1H3/t13-,14+,19+,20-/m0/s1. The highest BCUT2D eigenvalue weighted by Gasteiger charge is 2.56. The number of rotatable bonds is 2. The zero-order chi connectivity index (χ0) is 22.9. The molecule has 6 nitrogen and oxygen atoms in total. The lowest BCUT2D eigenvalue weighted by Gasteiger charge is -2.42. The van der Waals surface area contributed by atoms with E-state index in [0.29, 0.717) is 29.7 Å². The first-order chi connectivity index (χ1) is 15.2. The van der Waals surface area contributed by atoms with Gasteiger partial charge in [-0.3, -0.25) is 24.1 Å². The van der Waals surface area contributed by atoms with Gasteiger partial charge < -0.3 is 5.11 Å². The highest BCUT2D eigenvalue weighted by molar-refractivity contribution is 9.12. The Morgan fingerprint density at radius 2 is 1.91 bits per heavy atom. The molecule has 1 aromatic rings. The molecule has 3 aliphatic carbocycles. The average Bonchev–Trinajstić information content (AvgIpc) is 3.00. The predicted molar refractivity (Wildman–Crippen MR) is 120 cm³/mol. The van der Waals surface area contributed by atoms with Gasteiger partial charge in [-0.1, -0.05) is 29.3 Å². The Kier molecular flexibility index (Phi) is 5.02. The van der Waals surface area contributed by atoms with Crippen molar-refractivity contribution in [2.45, 2.75) is 25.7 Å². The van der Waals surface area contributed by atoms with Crippen LogP contribution in [-0.2, 0) is 19.2 Å². The maximum atomic E-state index is 13.2. The van der Waals surface area contributed by atoms with Crippen LogP contribution >= 0.6 is 27.5 Å². The molecule has 164 valence electrons. The number of Topliss-reactive ketones (excluding diaryl/α,β-unsaturated/α-hetero) is 1. The van der Waals surface area contributed by atoms with Crippen LogP contribution in [-0.4, -0.2) is 39.9 Å². The van der Waals surface area contributed by atoms with Gasteiger partial charge in [0.25, 0.3) is 0 Å². The molecule has 0 unspecified atom stereocenters. The number of benzene rings is 1. The molecule has 0 spiro atoms. The Bertz CT molecular complexity index is 1210. The van der Waals surface area contributed by atoms with Gasteiger partial charge in [0, 0.05) is 34.7 Å². The molecule has 8 heteroatoms. The van der Waals surface area contributed by atoms with Crippen LogP contribution in [0.15, 0.2) is 51.6 Å². The zero-order valence-corrected chi connectivity index (χ0v) is 19.4. The van der Waals surface area contributed by atoms with E-state index in [1.165, 1.54) is 23.1 Å². The van der Waals surface area contributed by atoms with Crippen molar-refractivity contribution in [3.05, 3.63) is 62.1 Å². The third-order valence-corrected chi connectivity index (χ3v) is 7.95.